The molecule has 0 aromatic rings. The first-order valence-corrected chi connectivity index (χ1v) is 7.57. The fraction of sp³-hybridized carbons (Fsp3) is 0.923. The lowest BCUT2D eigenvalue weighted by Gasteiger charge is -2.30. The topological polar surface area (TPSA) is 52.9 Å². The molecule has 4 heteroatoms. The van der Waals surface area contributed by atoms with Gasteiger partial charge in [0.15, 0.2) is 0 Å². The maximum absolute atomic E-state index is 12.0. The molecule has 1 saturated carbocycles. The van der Waals surface area contributed by atoms with E-state index >= 15 is 0 Å². The fourth-order valence-corrected chi connectivity index (χ4v) is 2.97. The number of hydrogen-bond acceptors (Lipinski definition) is 2. The minimum absolute atomic E-state index is 0.262. The van der Waals surface area contributed by atoms with Crippen molar-refractivity contribution in [2.24, 2.45) is 11.8 Å². The van der Waals surface area contributed by atoms with Crippen LogP contribution < -0.4 is 4.72 Å². The Hall–Kier alpha value is -0.400. The van der Waals surface area contributed by atoms with Crippen LogP contribution in [0.3, 0.4) is 0 Å². The van der Waals surface area contributed by atoms with Crippen molar-refractivity contribution in [2.75, 3.05) is 0 Å². The van der Waals surface area contributed by atoms with Crippen LogP contribution in [0.25, 0.3) is 0 Å². The highest BCUT2D eigenvalue weighted by Gasteiger charge is 2.29. The van der Waals surface area contributed by atoms with Crippen LogP contribution in [0, 0.1) is 23.2 Å². The van der Waals surface area contributed by atoms with E-state index in [0.29, 0.717) is 5.92 Å². The van der Waals surface area contributed by atoms with Gasteiger partial charge in [-0.3, -0.25) is 0 Å². The van der Waals surface area contributed by atoms with E-state index in [9.17, 15) is 9.47 Å². The Morgan fingerprint density at radius 2 is 1.82 bits per heavy atom. The fourth-order valence-electron chi connectivity index (χ4n) is 2.14. The summed E-state index contributed by atoms with van der Waals surface area (Å²) in [6.45, 7) is 8.03. The molecule has 0 heterocycles. The third-order valence-electron chi connectivity index (χ3n) is 3.46. The Balaban J connectivity index is 2.55. The van der Waals surface area contributed by atoms with Crippen LogP contribution in [0.5, 0.6) is 0 Å². The first-order valence-electron chi connectivity index (χ1n) is 6.42. The molecular weight excluding hydrogens is 232 g/mol. The zero-order chi connectivity index (χ0) is 13.1. The second kappa shape index (κ2) is 5.97. The average Bonchev–Trinajstić information content (AvgIpc) is 2.25. The molecule has 1 aliphatic carbocycles. The van der Waals surface area contributed by atoms with E-state index in [0.717, 1.165) is 18.8 Å². The monoisotopic (exact) mass is 256 g/mol. The number of nitrogens with one attached hydrogen (secondary N) is 1. The van der Waals surface area contributed by atoms with E-state index < -0.39 is 11.0 Å². The molecule has 3 nitrogen and oxygen atoms in total. The molecule has 17 heavy (non-hydrogen) atoms. The van der Waals surface area contributed by atoms with Gasteiger partial charge in [0.2, 0.25) is 0 Å². The SMILES string of the molecule is CC1CCC([C@H](C#N)N[S@@](=O)C(C)(C)C)CC1. The Morgan fingerprint density at radius 1 is 1.29 bits per heavy atom. The van der Waals surface area contributed by atoms with Gasteiger partial charge in [0, 0.05) is 0 Å². The summed E-state index contributed by atoms with van der Waals surface area (Å²) >= 11 is 0. The van der Waals surface area contributed by atoms with Crippen molar-refractivity contribution in [3.63, 3.8) is 0 Å². The summed E-state index contributed by atoms with van der Waals surface area (Å²) in [7, 11) is -1.15. The van der Waals surface area contributed by atoms with E-state index in [1.165, 1.54) is 12.8 Å². The molecule has 1 rings (SSSR count). The van der Waals surface area contributed by atoms with Gasteiger partial charge in [0.25, 0.3) is 0 Å². The van der Waals surface area contributed by atoms with Crippen LogP contribution in [0.4, 0.5) is 0 Å². The van der Waals surface area contributed by atoms with Gasteiger partial charge in [0.1, 0.15) is 6.04 Å². The smallest absolute Gasteiger partial charge is 0.109 e. The van der Waals surface area contributed by atoms with Gasteiger partial charge in [-0.1, -0.05) is 19.8 Å². The molecule has 0 aromatic heterocycles. The second-order valence-electron chi connectivity index (χ2n) is 6.13. The molecule has 0 saturated heterocycles. The maximum atomic E-state index is 12.0. The van der Waals surface area contributed by atoms with Crippen LogP contribution in [0.15, 0.2) is 0 Å². The van der Waals surface area contributed by atoms with Gasteiger partial charge in [-0.2, -0.15) is 5.26 Å². The summed E-state index contributed by atoms with van der Waals surface area (Å²) in [5.41, 5.74) is 0. The minimum Gasteiger partial charge on any atom is -0.242 e. The highest BCUT2D eigenvalue weighted by molar-refractivity contribution is 7.84. The summed E-state index contributed by atoms with van der Waals surface area (Å²) < 4.78 is 14.7. The first-order chi connectivity index (χ1) is 7.84. The summed E-state index contributed by atoms with van der Waals surface area (Å²) in [5, 5.41) is 9.21. The predicted molar refractivity (Wildman–Crippen MR) is 71.6 cm³/mol. The van der Waals surface area contributed by atoms with Crippen LogP contribution in [0.2, 0.25) is 0 Å². The number of rotatable bonds is 3. The maximum Gasteiger partial charge on any atom is 0.109 e. The Bertz CT molecular complexity index is 308. The zero-order valence-electron chi connectivity index (χ0n) is 11.3. The molecule has 0 aromatic carbocycles. The summed E-state index contributed by atoms with van der Waals surface area (Å²) in [6, 6.07) is 2.02. The van der Waals surface area contributed by atoms with Crippen molar-refractivity contribution in [2.45, 2.75) is 64.2 Å². The number of hydrogen-bond donors (Lipinski definition) is 1. The Labute approximate surface area is 108 Å². The van der Waals surface area contributed by atoms with E-state index in [4.69, 9.17) is 0 Å². The molecule has 2 atom stereocenters. The standard InChI is InChI=1S/C13H24N2OS/c1-10-5-7-11(8-6-10)12(9-14)15-17(16)13(2,3)4/h10-12,15H,5-8H2,1-4H3/t10?,11?,12-,17-/m0/s1. The van der Waals surface area contributed by atoms with Crippen molar-refractivity contribution in [1.29, 1.82) is 5.26 Å². The Kier molecular flexibility index (Phi) is 5.15. The predicted octanol–water partition coefficient (Wildman–Crippen LogP) is 2.76. The molecule has 0 radical (unpaired) electrons. The molecule has 0 aliphatic heterocycles. The molecular formula is C13H24N2OS. The molecule has 0 amide bonds. The van der Waals surface area contributed by atoms with Crippen molar-refractivity contribution >= 4 is 11.0 Å². The van der Waals surface area contributed by atoms with E-state index in [1.807, 2.05) is 20.8 Å². The van der Waals surface area contributed by atoms with Crippen molar-refractivity contribution < 1.29 is 4.21 Å². The van der Waals surface area contributed by atoms with Crippen LogP contribution in [-0.2, 0) is 11.0 Å². The van der Waals surface area contributed by atoms with Gasteiger partial charge in [-0.15, -0.1) is 0 Å². The van der Waals surface area contributed by atoms with Gasteiger partial charge in [-0.25, -0.2) is 8.93 Å². The lowest BCUT2D eigenvalue weighted by molar-refractivity contribution is 0.269. The van der Waals surface area contributed by atoms with Crippen LogP contribution >= 0.6 is 0 Å². The molecule has 1 N–H and O–H groups in total. The molecule has 98 valence electrons. The highest BCUT2D eigenvalue weighted by Crippen LogP contribution is 2.30. The Morgan fingerprint density at radius 3 is 2.24 bits per heavy atom. The summed E-state index contributed by atoms with van der Waals surface area (Å²) in [5.74, 6) is 1.14. The van der Waals surface area contributed by atoms with E-state index in [-0.39, 0.29) is 10.8 Å². The molecule has 0 bridgehead atoms. The zero-order valence-corrected chi connectivity index (χ0v) is 12.1. The molecule has 1 fully saturated rings. The van der Waals surface area contributed by atoms with Gasteiger partial charge in [0.05, 0.1) is 21.8 Å². The van der Waals surface area contributed by atoms with E-state index in [1.54, 1.807) is 0 Å². The molecule has 1 aliphatic rings. The largest absolute Gasteiger partial charge is 0.242 e. The molecule has 0 spiro atoms. The van der Waals surface area contributed by atoms with E-state index in [2.05, 4.69) is 17.7 Å². The van der Waals surface area contributed by atoms with Crippen molar-refractivity contribution in [3.05, 3.63) is 0 Å². The summed E-state index contributed by atoms with van der Waals surface area (Å²) in [6.07, 6.45) is 4.53. The van der Waals surface area contributed by atoms with Gasteiger partial charge >= 0.3 is 0 Å². The van der Waals surface area contributed by atoms with Crippen LogP contribution in [-0.4, -0.2) is 15.0 Å². The lowest BCUT2D eigenvalue weighted by atomic mass is 9.80. The lowest BCUT2D eigenvalue weighted by Crippen LogP contribution is -2.43. The first kappa shape index (κ1) is 14.7. The minimum atomic E-state index is -1.15. The van der Waals surface area contributed by atoms with Crippen molar-refractivity contribution in [3.8, 4) is 6.07 Å². The third kappa shape index (κ3) is 4.40. The van der Waals surface area contributed by atoms with Crippen LogP contribution in [0.1, 0.15) is 53.4 Å². The highest BCUT2D eigenvalue weighted by atomic mass is 32.2. The third-order valence-corrected chi connectivity index (χ3v) is 5.04. The normalized spacial score (nSPS) is 29.4. The second-order valence-corrected chi connectivity index (χ2v) is 8.12. The average molecular weight is 256 g/mol. The number of nitrogens with zero attached hydrogens (tertiary/aromatic N) is 1. The summed E-state index contributed by atoms with van der Waals surface area (Å²) in [4.78, 5) is 0. The van der Waals surface area contributed by atoms with Gasteiger partial charge in [-0.05, 0) is 45.4 Å². The molecule has 0 unspecified atom stereocenters. The quantitative estimate of drug-likeness (QED) is 0.844. The van der Waals surface area contributed by atoms with Crippen molar-refractivity contribution in [1.82, 2.24) is 4.72 Å². The van der Waals surface area contributed by atoms with Gasteiger partial charge < -0.3 is 0 Å². The number of nitriles is 1.